The van der Waals surface area contributed by atoms with Gasteiger partial charge in [0.05, 0.1) is 23.2 Å². The number of nitrogens with zero attached hydrogens (tertiary/aromatic N) is 3. The molecule has 2 aromatic rings. The van der Waals surface area contributed by atoms with E-state index >= 15 is 0 Å². The first kappa shape index (κ1) is 15.8. The van der Waals surface area contributed by atoms with Gasteiger partial charge in [-0.2, -0.15) is 0 Å². The number of carbonyl (C=O) groups is 1. The van der Waals surface area contributed by atoms with E-state index in [0.29, 0.717) is 10.7 Å². The topological polar surface area (TPSA) is 102 Å². The summed E-state index contributed by atoms with van der Waals surface area (Å²) in [6.45, 7) is 1.85. The van der Waals surface area contributed by atoms with Crippen molar-refractivity contribution >= 4 is 38.6 Å². The molecule has 0 spiro atoms. The maximum atomic E-state index is 11.7. The van der Waals surface area contributed by atoms with Crippen LogP contribution >= 0.6 is 11.8 Å². The Morgan fingerprint density at radius 1 is 1.48 bits per heavy atom. The Morgan fingerprint density at radius 3 is 2.90 bits per heavy atom. The normalized spacial score (nSPS) is 11.9. The smallest absolute Gasteiger partial charge is 0.313 e. The SMILES string of the molecule is CCS(=O)(=O)CCn1c(SCC(=O)O)nc2cnccc21. The van der Waals surface area contributed by atoms with Crippen molar-refractivity contribution in [2.75, 3.05) is 17.3 Å². The fourth-order valence-corrected chi connectivity index (χ4v) is 3.30. The van der Waals surface area contributed by atoms with Gasteiger partial charge in [-0.25, -0.2) is 13.4 Å². The van der Waals surface area contributed by atoms with Crippen LogP contribution < -0.4 is 0 Å². The number of rotatable bonds is 7. The predicted octanol–water partition coefficient (Wildman–Crippen LogP) is 1.04. The molecule has 0 aliphatic rings. The largest absolute Gasteiger partial charge is 0.481 e. The summed E-state index contributed by atoms with van der Waals surface area (Å²) in [7, 11) is -3.10. The summed E-state index contributed by atoms with van der Waals surface area (Å²) < 4.78 is 25.1. The summed E-state index contributed by atoms with van der Waals surface area (Å²) in [6, 6.07) is 1.74. The predicted molar refractivity (Wildman–Crippen MR) is 80.2 cm³/mol. The molecule has 1 N–H and O–H groups in total. The Balaban J connectivity index is 2.33. The number of imidazole rings is 1. The van der Waals surface area contributed by atoms with Crippen molar-refractivity contribution in [3.05, 3.63) is 18.5 Å². The molecule has 0 fully saturated rings. The Morgan fingerprint density at radius 2 is 2.24 bits per heavy atom. The minimum Gasteiger partial charge on any atom is -0.481 e. The van der Waals surface area contributed by atoms with E-state index in [-0.39, 0.29) is 23.8 Å². The standard InChI is InChI=1S/C12H15N3O4S2/c1-2-21(18,19)6-5-15-10-3-4-13-7-9(10)14-12(15)20-8-11(16)17/h3-4,7H,2,5-6,8H2,1H3,(H,16,17). The molecule has 0 radical (unpaired) electrons. The van der Waals surface area contributed by atoms with Crippen LogP contribution in [0.4, 0.5) is 0 Å². The molecule has 21 heavy (non-hydrogen) atoms. The van der Waals surface area contributed by atoms with Gasteiger partial charge >= 0.3 is 5.97 Å². The second-order valence-electron chi connectivity index (χ2n) is 4.33. The van der Waals surface area contributed by atoms with Crippen LogP contribution in [0.25, 0.3) is 11.0 Å². The molecule has 0 unspecified atom stereocenters. The second kappa shape index (κ2) is 6.44. The molecule has 114 valence electrons. The van der Waals surface area contributed by atoms with E-state index in [1.54, 1.807) is 30.0 Å². The number of fused-ring (bicyclic) bond motifs is 1. The zero-order valence-corrected chi connectivity index (χ0v) is 13.0. The first-order valence-corrected chi connectivity index (χ1v) is 9.09. The highest BCUT2D eigenvalue weighted by Gasteiger charge is 2.15. The summed E-state index contributed by atoms with van der Waals surface area (Å²) in [6.07, 6.45) is 3.17. The van der Waals surface area contributed by atoms with Gasteiger partial charge in [-0.3, -0.25) is 9.78 Å². The van der Waals surface area contributed by atoms with Crippen LogP contribution in [0.3, 0.4) is 0 Å². The van der Waals surface area contributed by atoms with E-state index < -0.39 is 15.8 Å². The molecule has 0 bridgehead atoms. The molecule has 9 heteroatoms. The minimum atomic E-state index is -3.10. The molecule has 0 aliphatic carbocycles. The lowest BCUT2D eigenvalue weighted by molar-refractivity contribution is -0.133. The lowest BCUT2D eigenvalue weighted by atomic mass is 10.4. The number of aliphatic carboxylic acids is 1. The van der Waals surface area contributed by atoms with Crippen molar-refractivity contribution in [1.82, 2.24) is 14.5 Å². The number of hydrogen-bond donors (Lipinski definition) is 1. The first-order valence-electron chi connectivity index (χ1n) is 6.28. The fourth-order valence-electron chi connectivity index (χ4n) is 1.79. The van der Waals surface area contributed by atoms with Crippen molar-refractivity contribution in [1.29, 1.82) is 0 Å². The summed E-state index contributed by atoms with van der Waals surface area (Å²) >= 11 is 1.07. The zero-order valence-electron chi connectivity index (χ0n) is 11.4. The molecule has 0 saturated heterocycles. The maximum Gasteiger partial charge on any atom is 0.313 e. The summed E-state index contributed by atoms with van der Waals surface area (Å²) in [5.74, 6) is -0.994. The molecular weight excluding hydrogens is 314 g/mol. The van der Waals surface area contributed by atoms with Crippen molar-refractivity contribution in [2.45, 2.75) is 18.6 Å². The molecule has 7 nitrogen and oxygen atoms in total. The highest BCUT2D eigenvalue weighted by molar-refractivity contribution is 7.99. The molecule has 0 saturated carbocycles. The van der Waals surface area contributed by atoms with Crippen LogP contribution in [-0.2, 0) is 21.2 Å². The van der Waals surface area contributed by atoms with E-state index in [9.17, 15) is 13.2 Å². The number of hydrogen-bond acceptors (Lipinski definition) is 6. The number of thioether (sulfide) groups is 1. The Bertz CT molecular complexity index is 755. The van der Waals surface area contributed by atoms with Crippen LogP contribution in [0.1, 0.15) is 6.92 Å². The van der Waals surface area contributed by atoms with Crippen molar-refractivity contribution in [3.63, 3.8) is 0 Å². The lowest BCUT2D eigenvalue weighted by Crippen LogP contribution is -2.15. The van der Waals surface area contributed by atoms with Gasteiger partial charge < -0.3 is 9.67 Å². The zero-order chi connectivity index (χ0) is 15.5. The minimum absolute atomic E-state index is 0.00207. The maximum absolute atomic E-state index is 11.7. The summed E-state index contributed by atoms with van der Waals surface area (Å²) in [5.41, 5.74) is 1.38. The van der Waals surface area contributed by atoms with E-state index in [2.05, 4.69) is 9.97 Å². The third-order valence-corrected chi connectivity index (χ3v) is 5.55. The molecule has 2 rings (SSSR count). The Kier molecular flexibility index (Phi) is 4.84. The van der Waals surface area contributed by atoms with Crippen LogP contribution in [0.15, 0.2) is 23.6 Å². The van der Waals surface area contributed by atoms with Crippen molar-refractivity contribution in [2.24, 2.45) is 0 Å². The number of carboxylic acids is 1. The lowest BCUT2D eigenvalue weighted by Gasteiger charge is -2.08. The molecule has 0 aromatic carbocycles. The van der Waals surface area contributed by atoms with Gasteiger partial charge in [0.1, 0.15) is 5.52 Å². The second-order valence-corrected chi connectivity index (χ2v) is 7.74. The number of pyridine rings is 1. The number of sulfone groups is 1. The Hall–Kier alpha value is -1.61. The van der Waals surface area contributed by atoms with Crippen molar-refractivity contribution in [3.8, 4) is 0 Å². The fraction of sp³-hybridized carbons (Fsp3) is 0.417. The molecule has 2 heterocycles. The van der Waals surface area contributed by atoms with Crippen LogP contribution in [0.5, 0.6) is 0 Å². The van der Waals surface area contributed by atoms with E-state index in [0.717, 1.165) is 17.3 Å². The third-order valence-electron chi connectivity index (χ3n) is 2.91. The molecular formula is C12H15N3O4S2. The molecule has 0 aliphatic heterocycles. The van der Waals surface area contributed by atoms with Crippen LogP contribution in [0, 0.1) is 0 Å². The van der Waals surface area contributed by atoms with Crippen molar-refractivity contribution < 1.29 is 18.3 Å². The number of aromatic nitrogens is 3. The van der Waals surface area contributed by atoms with Crippen LogP contribution in [0.2, 0.25) is 0 Å². The third kappa shape index (κ3) is 3.94. The van der Waals surface area contributed by atoms with E-state index in [1.807, 2.05) is 0 Å². The average molecular weight is 329 g/mol. The van der Waals surface area contributed by atoms with Gasteiger partial charge in [-0.15, -0.1) is 0 Å². The van der Waals surface area contributed by atoms with Gasteiger partial charge in [0.25, 0.3) is 0 Å². The first-order chi connectivity index (χ1) is 9.93. The van der Waals surface area contributed by atoms with Crippen LogP contribution in [-0.4, -0.2) is 51.3 Å². The quantitative estimate of drug-likeness (QED) is 0.757. The number of carboxylic acid groups (broad SMARTS) is 1. The molecule has 2 aromatic heterocycles. The van der Waals surface area contributed by atoms with Gasteiger partial charge in [0.2, 0.25) is 0 Å². The van der Waals surface area contributed by atoms with Gasteiger partial charge in [0.15, 0.2) is 15.0 Å². The van der Waals surface area contributed by atoms with Gasteiger partial charge in [-0.05, 0) is 6.07 Å². The van der Waals surface area contributed by atoms with E-state index in [4.69, 9.17) is 5.11 Å². The molecule has 0 atom stereocenters. The monoisotopic (exact) mass is 329 g/mol. The number of aryl methyl sites for hydroxylation is 1. The summed E-state index contributed by atoms with van der Waals surface area (Å²) in [5, 5.41) is 9.26. The highest BCUT2D eigenvalue weighted by atomic mass is 32.2. The average Bonchev–Trinajstić information content (AvgIpc) is 2.81. The highest BCUT2D eigenvalue weighted by Crippen LogP contribution is 2.23. The van der Waals surface area contributed by atoms with E-state index in [1.165, 1.54) is 0 Å². The summed E-state index contributed by atoms with van der Waals surface area (Å²) in [4.78, 5) is 19.0. The van der Waals surface area contributed by atoms with Gasteiger partial charge in [0, 0.05) is 18.5 Å². The Labute approximate surface area is 126 Å². The van der Waals surface area contributed by atoms with Gasteiger partial charge in [-0.1, -0.05) is 18.7 Å². The molecule has 0 amide bonds.